The minimum atomic E-state index is -1.76. The number of hydrogen-bond acceptors (Lipinski definition) is 6. The van der Waals surface area contributed by atoms with Crippen molar-refractivity contribution in [2.24, 2.45) is 17.2 Å². The Bertz CT molecular complexity index is 667. The lowest BCUT2D eigenvalue weighted by atomic mass is 9.85. The van der Waals surface area contributed by atoms with Crippen LogP contribution in [0.15, 0.2) is 30.3 Å². The van der Waals surface area contributed by atoms with Crippen molar-refractivity contribution in [2.75, 3.05) is 19.6 Å². The highest BCUT2D eigenvalue weighted by Gasteiger charge is 2.48. The molecule has 1 aliphatic rings. The summed E-state index contributed by atoms with van der Waals surface area (Å²) in [6.45, 7) is 1.03. The molecule has 1 heterocycles. The Hall–Kier alpha value is -2.29. The summed E-state index contributed by atoms with van der Waals surface area (Å²) < 4.78 is 0. The first-order valence-electron chi connectivity index (χ1n) is 9.29. The molecule has 0 saturated carbocycles. The second-order valence-electron chi connectivity index (χ2n) is 6.83. The van der Waals surface area contributed by atoms with Gasteiger partial charge in [0.05, 0.1) is 6.04 Å². The zero-order valence-electron chi connectivity index (χ0n) is 15.5. The van der Waals surface area contributed by atoms with E-state index in [0.717, 1.165) is 5.56 Å². The van der Waals surface area contributed by atoms with Crippen LogP contribution in [0, 0.1) is 0 Å². The Morgan fingerprint density at radius 3 is 2.48 bits per heavy atom. The third-order valence-electron chi connectivity index (χ3n) is 4.91. The molecule has 2 rings (SSSR count). The number of Topliss-reactive ketones (excluding diaryl/α,β-unsaturated/α-hetero) is 1. The van der Waals surface area contributed by atoms with Crippen molar-refractivity contribution in [3.8, 4) is 0 Å². The fraction of sp³-hybridized carbons (Fsp3) is 0.526. The Kier molecular flexibility index (Phi) is 7.46. The maximum atomic E-state index is 13.2. The largest absolute Gasteiger partial charge is 0.350 e. The number of likely N-dealkylation sites (tertiary alicyclic amines) is 1. The number of benzene rings is 1. The standard InChI is InChI=1S/C19H29N5O3/c20-10-8-16(25)24-12-4-7-15(24)17(26)19(22,9-11-21)18(27)23-13-14-5-2-1-3-6-14/h1-3,5-6,15H,4,7-13,20-22H2,(H,23,27). The van der Waals surface area contributed by atoms with Crippen LogP contribution in [0.2, 0.25) is 0 Å². The number of rotatable bonds is 9. The molecule has 1 saturated heterocycles. The average Bonchev–Trinajstić information content (AvgIpc) is 3.16. The summed E-state index contributed by atoms with van der Waals surface area (Å²) in [6, 6.07) is 8.64. The first-order chi connectivity index (χ1) is 12.9. The van der Waals surface area contributed by atoms with E-state index >= 15 is 0 Å². The van der Waals surface area contributed by atoms with Crippen molar-refractivity contribution in [3.63, 3.8) is 0 Å². The van der Waals surface area contributed by atoms with E-state index in [-0.39, 0.29) is 38.4 Å². The Morgan fingerprint density at radius 1 is 1.15 bits per heavy atom. The van der Waals surface area contributed by atoms with Gasteiger partial charge >= 0.3 is 0 Å². The van der Waals surface area contributed by atoms with Gasteiger partial charge in [-0.3, -0.25) is 14.4 Å². The van der Waals surface area contributed by atoms with Crippen LogP contribution < -0.4 is 22.5 Å². The lowest BCUT2D eigenvalue weighted by Gasteiger charge is -2.32. The van der Waals surface area contributed by atoms with Crippen molar-refractivity contribution in [2.45, 2.75) is 43.8 Å². The van der Waals surface area contributed by atoms with Crippen LogP contribution in [-0.4, -0.2) is 53.7 Å². The first-order valence-corrected chi connectivity index (χ1v) is 9.29. The highest BCUT2D eigenvalue weighted by molar-refractivity contribution is 6.13. The zero-order valence-corrected chi connectivity index (χ0v) is 15.5. The van der Waals surface area contributed by atoms with E-state index < -0.39 is 23.3 Å². The fourth-order valence-corrected chi connectivity index (χ4v) is 3.41. The van der Waals surface area contributed by atoms with Crippen LogP contribution in [-0.2, 0) is 20.9 Å². The van der Waals surface area contributed by atoms with Crippen LogP contribution in [0.5, 0.6) is 0 Å². The summed E-state index contributed by atoms with van der Waals surface area (Å²) in [5.74, 6) is -1.21. The van der Waals surface area contributed by atoms with Gasteiger partial charge in [-0.25, -0.2) is 0 Å². The molecule has 27 heavy (non-hydrogen) atoms. The monoisotopic (exact) mass is 375 g/mol. The van der Waals surface area contributed by atoms with Crippen LogP contribution in [0.3, 0.4) is 0 Å². The van der Waals surface area contributed by atoms with Gasteiger partial charge in [0.2, 0.25) is 11.8 Å². The molecule has 148 valence electrons. The summed E-state index contributed by atoms with van der Waals surface area (Å²) in [4.78, 5) is 39.7. The predicted molar refractivity (Wildman–Crippen MR) is 102 cm³/mol. The van der Waals surface area contributed by atoms with E-state index in [9.17, 15) is 14.4 Å². The molecule has 0 bridgehead atoms. The molecule has 7 N–H and O–H groups in total. The van der Waals surface area contributed by atoms with Crippen molar-refractivity contribution in [1.29, 1.82) is 0 Å². The molecule has 0 aliphatic carbocycles. The predicted octanol–water partition coefficient (Wildman–Crippen LogP) is -0.742. The molecule has 8 nitrogen and oxygen atoms in total. The summed E-state index contributed by atoms with van der Waals surface area (Å²) in [5.41, 5.74) is 16.5. The van der Waals surface area contributed by atoms with E-state index in [4.69, 9.17) is 17.2 Å². The third-order valence-corrected chi connectivity index (χ3v) is 4.91. The smallest absolute Gasteiger partial charge is 0.248 e. The van der Waals surface area contributed by atoms with Crippen molar-refractivity contribution in [3.05, 3.63) is 35.9 Å². The lowest BCUT2D eigenvalue weighted by Crippen LogP contribution is -2.64. The summed E-state index contributed by atoms with van der Waals surface area (Å²) in [7, 11) is 0. The quantitative estimate of drug-likeness (QED) is 0.418. The maximum absolute atomic E-state index is 13.2. The van der Waals surface area contributed by atoms with Gasteiger partial charge < -0.3 is 27.4 Å². The van der Waals surface area contributed by atoms with E-state index in [2.05, 4.69) is 5.32 Å². The molecule has 2 amide bonds. The summed E-state index contributed by atoms with van der Waals surface area (Å²) in [5, 5.41) is 2.73. The van der Waals surface area contributed by atoms with Gasteiger partial charge in [-0.15, -0.1) is 0 Å². The van der Waals surface area contributed by atoms with E-state index in [1.807, 2.05) is 30.3 Å². The van der Waals surface area contributed by atoms with E-state index in [1.54, 1.807) is 0 Å². The number of carbonyl (C=O) groups excluding carboxylic acids is 3. The van der Waals surface area contributed by atoms with Crippen molar-refractivity contribution in [1.82, 2.24) is 10.2 Å². The summed E-state index contributed by atoms with van der Waals surface area (Å²) in [6.07, 6.45) is 1.36. The molecule has 0 spiro atoms. The molecule has 2 unspecified atom stereocenters. The minimum absolute atomic E-state index is 0.0157. The van der Waals surface area contributed by atoms with Gasteiger partial charge in [-0.1, -0.05) is 30.3 Å². The van der Waals surface area contributed by atoms with E-state index in [1.165, 1.54) is 4.90 Å². The van der Waals surface area contributed by atoms with Crippen LogP contribution >= 0.6 is 0 Å². The van der Waals surface area contributed by atoms with E-state index in [0.29, 0.717) is 19.4 Å². The number of nitrogens with two attached hydrogens (primary N) is 3. The molecule has 2 atom stereocenters. The molecule has 0 radical (unpaired) electrons. The van der Waals surface area contributed by atoms with Crippen molar-refractivity contribution < 1.29 is 14.4 Å². The van der Waals surface area contributed by atoms with Gasteiger partial charge in [0, 0.05) is 26.1 Å². The Morgan fingerprint density at radius 2 is 1.85 bits per heavy atom. The van der Waals surface area contributed by atoms with Gasteiger partial charge in [0.15, 0.2) is 11.3 Å². The van der Waals surface area contributed by atoms with Gasteiger partial charge in [-0.05, 0) is 31.4 Å². The van der Waals surface area contributed by atoms with Crippen LogP contribution in [0.25, 0.3) is 0 Å². The first kappa shape index (κ1) is 21.0. The molecular weight excluding hydrogens is 346 g/mol. The van der Waals surface area contributed by atoms with Crippen molar-refractivity contribution >= 4 is 17.6 Å². The maximum Gasteiger partial charge on any atom is 0.248 e. The zero-order chi connectivity index (χ0) is 19.9. The topological polar surface area (TPSA) is 145 Å². The van der Waals surface area contributed by atoms with Gasteiger partial charge in [-0.2, -0.15) is 0 Å². The molecule has 1 aromatic rings. The SMILES string of the molecule is NCCC(=O)N1CCCC1C(=O)C(N)(CCN)C(=O)NCc1ccccc1. The molecule has 8 heteroatoms. The Balaban J connectivity index is 2.13. The highest BCUT2D eigenvalue weighted by Crippen LogP contribution is 2.24. The number of amides is 2. The number of nitrogens with one attached hydrogen (secondary N) is 1. The molecule has 1 fully saturated rings. The third kappa shape index (κ3) is 4.91. The normalized spacial score (nSPS) is 18.8. The van der Waals surface area contributed by atoms with Gasteiger partial charge in [0.25, 0.3) is 0 Å². The number of hydrogen-bond donors (Lipinski definition) is 4. The molecular formula is C19H29N5O3. The van der Waals surface area contributed by atoms with Gasteiger partial charge in [0.1, 0.15) is 0 Å². The minimum Gasteiger partial charge on any atom is -0.350 e. The average molecular weight is 375 g/mol. The van der Waals surface area contributed by atoms with Crippen LogP contribution in [0.1, 0.15) is 31.2 Å². The second-order valence-corrected chi connectivity index (χ2v) is 6.83. The summed E-state index contributed by atoms with van der Waals surface area (Å²) >= 11 is 0. The number of carbonyl (C=O) groups is 3. The Labute approximate surface area is 159 Å². The molecule has 1 aromatic carbocycles. The number of nitrogens with zero attached hydrogens (tertiary/aromatic N) is 1. The lowest BCUT2D eigenvalue weighted by molar-refractivity contribution is -0.144. The molecule has 0 aromatic heterocycles. The second kappa shape index (κ2) is 9.59. The molecule has 1 aliphatic heterocycles. The van der Waals surface area contributed by atoms with Crippen LogP contribution in [0.4, 0.5) is 0 Å². The fourth-order valence-electron chi connectivity index (χ4n) is 3.41. The number of ketones is 1. The highest BCUT2D eigenvalue weighted by atomic mass is 16.2.